The zero-order chi connectivity index (χ0) is 25.4. The smallest absolute Gasteiger partial charge is 0.261 e. The lowest BCUT2D eigenvalue weighted by Gasteiger charge is -2.35. The molecule has 0 unspecified atom stereocenters. The third kappa shape index (κ3) is 3.84. The molecule has 12 nitrogen and oxygen atoms in total. The molecule has 1 aromatic carbocycles. The van der Waals surface area contributed by atoms with Gasteiger partial charge in [0.05, 0.1) is 37.6 Å². The number of aryl methyl sites for hydroxylation is 1. The molecule has 188 valence electrons. The largest absolute Gasteiger partial charge is 0.493 e. The molecule has 1 aliphatic heterocycles. The van der Waals surface area contributed by atoms with Crippen LogP contribution < -0.4 is 35.3 Å². The maximum absolute atomic E-state index is 12.5. The minimum absolute atomic E-state index is 0.0814. The van der Waals surface area contributed by atoms with Crippen molar-refractivity contribution >= 4 is 39.5 Å². The Balaban J connectivity index is 1.41. The van der Waals surface area contributed by atoms with Gasteiger partial charge in [0.1, 0.15) is 11.3 Å². The summed E-state index contributed by atoms with van der Waals surface area (Å²) < 4.78 is 18.2. The first kappa shape index (κ1) is 23.4. The maximum Gasteiger partial charge on any atom is 0.261 e. The molecule has 0 amide bonds. The number of pyridine rings is 1. The monoisotopic (exact) mass is 492 g/mol. The summed E-state index contributed by atoms with van der Waals surface area (Å²) in [5.74, 6) is 2.79. The van der Waals surface area contributed by atoms with Crippen LogP contribution in [0.4, 0.5) is 17.7 Å². The Morgan fingerprint density at radius 1 is 0.917 bits per heavy atom. The van der Waals surface area contributed by atoms with Crippen molar-refractivity contribution in [2.24, 2.45) is 0 Å². The molecule has 0 radical (unpaired) electrons. The summed E-state index contributed by atoms with van der Waals surface area (Å²) in [5.41, 5.74) is 7.43. The number of aromatic nitrogens is 5. The molecule has 0 atom stereocenters. The second kappa shape index (κ2) is 9.36. The van der Waals surface area contributed by atoms with Crippen molar-refractivity contribution in [1.82, 2.24) is 24.5 Å². The lowest BCUT2D eigenvalue weighted by Crippen LogP contribution is -2.47. The van der Waals surface area contributed by atoms with Crippen molar-refractivity contribution in [3.63, 3.8) is 0 Å². The van der Waals surface area contributed by atoms with Crippen molar-refractivity contribution in [2.75, 3.05) is 63.0 Å². The van der Waals surface area contributed by atoms with Crippen LogP contribution in [0, 0.1) is 0 Å². The number of nitrogens with zero attached hydrogens (tertiary/aromatic N) is 7. The molecule has 36 heavy (non-hydrogen) atoms. The van der Waals surface area contributed by atoms with E-state index in [2.05, 4.69) is 24.8 Å². The Bertz CT molecular complexity index is 1500. The van der Waals surface area contributed by atoms with E-state index in [1.54, 1.807) is 44.4 Å². The molecule has 1 saturated heterocycles. The fourth-order valence-electron chi connectivity index (χ4n) is 4.45. The molecule has 0 bridgehead atoms. The lowest BCUT2D eigenvalue weighted by molar-refractivity contribution is 0.327. The molecule has 0 aliphatic carbocycles. The molecular weight excluding hydrogens is 464 g/mol. The van der Waals surface area contributed by atoms with Crippen molar-refractivity contribution in [3.8, 4) is 17.2 Å². The second-order valence-corrected chi connectivity index (χ2v) is 8.30. The Morgan fingerprint density at radius 2 is 1.61 bits per heavy atom. The van der Waals surface area contributed by atoms with Gasteiger partial charge in [0.15, 0.2) is 11.5 Å². The van der Waals surface area contributed by atoms with Gasteiger partial charge < -0.3 is 34.3 Å². The van der Waals surface area contributed by atoms with E-state index in [1.807, 2.05) is 13.0 Å². The van der Waals surface area contributed by atoms with Gasteiger partial charge in [-0.3, -0.25) is 4.79 Å². The average Bonchev–Trinajstić information content (AvgIpc) is 2.92. The van der Waals surface area contributed by atoms with E-state index < -0.39 is 0 Å². The SMILES string of the molecule is CCn1ccc2nc(N3CCN(c4nc(N)c5cc(OC)c(OC)c(OC)c5n4)CC3)ncc2c1=O. The van der Waals surface area contributed by atoms with Crippen LogP contribution in [0.15, 0.2) is 29.3 Å². The van der Waals surface area contributed by atoms with Crippen LogP contribution in [-0.2, 0) is 6.54 Å². The maximum atomic E-state index is 12.5. The number of benzene rings is 1. The Hall–Kier alpha value is -4.35. The molecule has 1 fully saturated rings. The van der Waals surface area contributed by atoms with Crippen molar-refractivity contribution in [3.05, 3.63) is 34.9 Å². The van der Waals surface area contributed by atoms with Crippen LogP contribution in [0.5, 0.6) is 17.2 Å². The number of fused-ring (bicyclic) bond motifs is 2. The highest BCUT2D eigenvalue weighted by Gasteiger charge is 2.25. The standard InChI is InChI=1S/C24H28N8O4/c1-5-30-7-6-16-15(22(30)33)13-26-23(27-16)31-8-10-32(11-9-31)24-28-18-14(21(25)29-24)12-17(34-2)19(35-3)20(18)36-4/h6-7,12-13H,5,8-11H2,1-4H3,(H2,25,28,29). The Labute approximate surface area is 207 Å². The number of anilines is 3. The van der Waals surface area contributed by atoms with Crippen LogP contribution >= 0.6 is 0 Å². The first-order valence-electron chi connectivity index (χ1n) is 11.6. The fraction of sp³-hybridized carbons (Fsp3) is 0.375. The highest BCUT2D eigenvalue weighted by molar-refractivity contribution is 5.97. The first-order chi connectivity index (χ1) is 17.5. The predicted molar refractivity (Wildman–Crippen MR) is 138 cm³/mol. The number of hydrogen-bond donors (Lipinski definition) is 1. The second-order valence-electron chi connectivity index (χ2n) is 8.30. The number of nitrogens with two attached hydrogens (primary N) is 1. The normalized spacial score (nSPS) is 13.9. The molecule has 1 aliphatic rings. The molecule has 12 heteroatoms. The van der Waals surface area contributed by atoms with Crippen LogP contribution in [-0.4, -0.2) is 72.0 Å². The van der Waals surface area contributed by atoms with E-state index >= 15 is 0 Å². The van der Waals surface area contributed by atoms with Crippen molar-refractivity contribution < 1.29 is 14.2 Å². The molecule has 3 aromatic heterocycles. The fourth-order valence-corrected chi connectivity index (χ4v) is 4.45. The van der Waals surface area contributed by atoms with Crippen molar-refractivity contribution in [2.45, 2.75) is 13.5 Å². The summed E-state index contributed by atoms with van der Waals surface area (Å²) >= 11 is 0. The van der Waals surface area contributed by atoms with Gasteiger partial charge in [-0.15, -0.1) is 0 Å². The van der Waals surface area contributed by atoms with Crippen LogP contribution in [0.2, 0.25) is 0 Å². The Kier molecular flexibility index (Phi) is 6.08. The topological polar surface area (TPSA) is 134 Å². The number of piperazine rings is 1. The number of nitrogen functional groups attached to an aromatic ring is 1. The van der Waals surface area contributed by atoms with E-state index in [0.29, 0.717) is 89.5 Å². The summed E-state index contributed by atoms with van der Waals surface area (Å²) in [6.45, 7) is 5.12. The van der Waals surface area contributed by atoms with Crippen LogP contribution in [0.25, 0.3) is 21.8 Å². The van der Waals surface area contributed by atoms with Gasteiger partial charge in [-0.2, -0.15) is 4.98 Å². The number of hydrogen-bond acceptors (Lipinski definition) is 11. The zero-order valence-corrected chi connectivity index (χ0v) is 20.7. The Morgan fingerprint density at radius 3 is 2.25 bits per heavy atom. The molecule has 4 heterocycles. The number of rotatable bonds is 6. The van der Waals surface area contributed by atoms with Gasteiger partial charge in [0.2, 0.25) is 17.6 Å². The molecule has 5 rings (SSSR count). The summed E-state index contributed by atoms with van der Waals surface area (Å²) in [4.78, 5) is 35.1. The summed E-state index contributed by atoms with van der Waals surface area (Å²) in [5, 5.41) is 1.14. The lowest BCUT2D eigenvalue weighted by atomic mass is 10.2. The number of ether oxygens (including phenoxy) is 3. The van der Waals surface area contributed by atoms with E-state index in [4.69, 9.17) is 24.9 Å². The van der Waals surface area contributed by atoms with Gasteiger partial charge in [-0.1, -0.05) is 0 Å². The van der Waals surface area contributed by atoms with Crippen LogP contribution in [0.1, 0.15) is 6.92 Å². The van der Waals surface area contributed by atoms with Gasteiger partial charge >= 0.3 is 0 Å². The minimum Gasteiger partial charge on any atom is -0.493 e. The van der Waals surface area contributed by atoms with Gasteiger partial charge in [-0.25, -0.2) is 15.0 Å². The van der Waals surface area contributed by atoms with E-state index in [0.717, 1.165) is 0 Å². The van der Waals surface area contributed by atoms with Crippen LogP contribution in [0.3, 0.4) is 0 Å². The molecule has 0 saturated carbocycles. The predicted octanol–water partition coefficient (Wildman–Crippen LogP) is 1.69. The van der Waals surface area contributed by atoms with Gasteiger partial charge in [0, 0.05) is 45.1 Å². The molecular formula is C24H28N8O4. The van der Waals surface area contributed by atoms with E-state index in [9.17, 15) is 4.79 Å². The summed E-state index contributed by atoms with van der Waals surface area (Å²) in [7, 11) is 4.65. The quantitative estimate of drug-likeness (QED) is 0.421. The third-order valence-corrected chi connectivity index (χ3v) is 6.41. The van der Waals surface area contributed by atoms with E-state index in [-0.39, 0.29) is 5.56 Å². The van der Waals surface area contributed by atoms with E-state index in [1.165, 1.54) is 0 Å². The highest BCUT2D eigenvalue weighted by atomic mass is 16.5. The van der Waals surface area contributed by atoms with Crippen molar-refractivity contribution in [1.29, 1.82) is 0 Å². The summed E-state index contributed by atoms with van der Waals surface area (Å²) in [6.07, 6.45) is 3.37. The van der Waals surface area contributed by atoms with Gasteiger partial charge in [0.25, 0.3) is 5.56 Å². The average molecular weight is 493 g/mol. The minimum atomic E-state index is -0.0814. The number of methoxy groups -OCH3 is 3. The van der Waals surface area contributed by atoms with Gasteiger partial charge in [-0.05, 0) is 19.1 Å². The highest BCUT2D eigenvalue weighted by Crippen LogP contribution is 2.44. The molecule has 4 aromatic rings. The third-order valence-electron chi connectivity index (χ3n) is 6.41. The first-order valence-corrected chi connectivity index (χ1v) is 11.6. The summed E-state index contributed by atoms with van der Waals surface area (Å²) in [6, 6.07) is 3.60. The molecule has 2 N–H and O–H groups in total. The zero-order valence-electron chi connectivity index (χ0n) is 20.7. The molecule has 0 spiro atoms.